The second-order valence-corrected chi connectivity index (χ2v) is 5.27. The van der Waals surface area contributed by atoms with E-state index in [9.17, 15) is 4.79 Å². The van der Waals surface area contributed by atoms with E-state index < -0.39 is 0 Å². The number of hydrogen-bond acceptors (Lipinski definition) is 2. The van der Waals surface area contributed by atoms with Crippen molar-refractivity contribution in [2.24, 2.45) is 0 Å². The molecule has 0 fully saturated rings. The standard InChI is InChI=1S/C15H18N2O/c1-11(14(18)17-15(2,3)4)9-12-5-7-13(10-16)8-6-12/h5-9H,1-4H3,(H,17,18)/b11-9-. The first-order valence-electron chi connectivity index (χ1n) is 5.83. The third kappa shape index (κ3) is 4.42. The SMILES string of the molecule is C/C(=C/c1ccc(C#N)cc1)C(=O)NC(C)(C)C. The van der Waals surface area contributed by atoms with Gasteiger partial charge in [0.15, 0.2) is 0 Å². The topological polar surface area (TPSA) is 52.9 Å². The summed E-state index contributed by atoms with van der Waals surface area (Å²) in [7, 11) is 0. The van der Waals surface area contributed by atoms with Gasteiger partial charge in [0.05, 0.1) is 11.6 Å². The van der Waals surface area contributed by atoms with Gasteiger partial charge in [0.25, 0.3) is 0 Å². The lowest BCUT2D eigenvalue weighted by atomic mass is 10.1. The molecule has 3 nitrogen and oxygen atoms in total. The molecule has 0 saturated heterocycles. The summed E-state index contributed by atoms with van der Waals surface area (Å²) in [5.74, 6) is -0.0770. The summed E-state index contributed by atoms with van der Waals surface area (Å²) in [6.45, 7) is 7.61. The van der Waals surface area contributed by atoms with Crippen molar-refractivity contribution < 1.29 is 4.79 Å². The summed E-state index contributed by atoms with van der Waals surface area (Å²) in [5, 5.41) is 11.6. The first-order chi connectivity index (χ1) is 8.31. The molecule has 1 rings (SSSR count). The average molecular weight is 242 g/mol. The van der Waals surface area contributed by atoms with E-state index in [1.54, 1.807) is 19.1 Å². The van der Waals surface area contributed by atoms with E-state index in [0.717, 1.165) is 5.56 Å². The van der Waals surface area contributed by atoms with Crippen LogP contribution in [-0.2, 0) is 4.79 Å². The Bertz CT molecular complexity index is 499. The number of nitrogens with one attached hydrogen (secondary N) is 1. The molecule has 0 aliphatic heterocycles. The molecule has 0 spiro atoms. The van der Waals surface area contributed by atoms with Crippen molar-refractivity contribution in [3.8, 4) is 6.07 Å². The maximum atomic E-state index is 11.9. The van der Waals surface area contributed by atoms with Crippen molar-refractivity contribution in [3.63, 3.8) is 0 Å². The monoisotopic (exact) mass is 242 g/mol. The first-order valence-corrected chi connectivity index (χ1v) is 5.83. The maximum Gasteiger partial charge on any atom is 0.247 e. The number of benzene rings is 1. The highest BCUT2D eigenvalue weighted by Crippen LogP contribution is 2.10. The number of carbonyl (C=O) groups is 1. The molecule has 0 heterocycles. The molecule has 0 aliphatic rings. The van der Waals surface area contributed by atoms with E-state index in [4.69, 9.17) is 5.26 Å². The molecule has 0 unspecified atom stereocenters. The van der Waals surface area contributed by atoms with Crippen LogP contribution in [0.2, 0.25) is 0 Å². The predicted octanol–water partition coefficient (Wildman–Crippen LogP) is 2.88. The van der Waals surface area contributed by atoms with Crippen LogP contribution in [-0.4, -0.2) is 11.4 Å². The molecule has 0 radical (unpaired) electrons. The van der Waals surface area contributed by atoms with Gasteiger partial charge in [-0.05, 0) is 51.5 Å². The fourth-order valence-electron chi connectivity index (χ4n) is 1.41. The average Bonchev–Trinajstić information content (AvgIpc) is 2.27. The van der Waals surface area contributed by atoms with Gasteiger partial charge in [-0.15, -0.1) is 0 Å². The third-order valence-electron chi connectivity index (χ3n) is 2.27. The van der Waals surface area contributed by atoms with Crippen LogP contribution < -0.4 is 5.32 Å². The molecule has 0 saturated carbocycles. The van der Waals surface area contributed by atoms with E-state index >= 15 is 0 Å². The molecule has 1 amide bonds. The third-order valence-corrected chi connectivity index (χ3v) is 2.27. The molecule has 0 atom stereocenters. The van der Waals surface area contributed by atoms with Crippen molar-refractivity contribution >= 4 is 12.0 Å². The van der Waals surface area contributed by atoms with Crippen LogP contribution >= 0.6 is 0 Å². The Morgan fingerprint density at radius 3 is 2.28 bits per heavy atom. The van der Waals surface area contributed by atoms with E-state index in [1.165, 1.54) is 0 Å². The van der Waals surface area contributed by atoms with Crippen LogP contribution in [0.25, 0.3) is 6.08 Å². The van der Waals surface area contributed by atoms with Gasteiger partial charge in [-0.1, -0.05) is 12.1 Å². The van der Waals surface area contributed by atoms with Gasteiger partial charge >= 0.3 is 0 Å². The summed E-state index contributed by atoms with van der Waals surface area (Å²) < 4.78 is 0. The highest BCUT2D eigenvalue weighted by molar-refractivity contribution is 5.97. The minimum absolute atomic E-state index is 0.0770. The van der Waals surface area contributed by atoms with Gasteiger partial charge < -0.3 is 5.32 Å². The summed E-state index contributed by atoms with van der Waals surface area (Å²) in [6, 6.07) is 9.19. The van der Waals surface area contributed by atoms with Crippen molar-refractivity contribution in [1.82, 2.24) is 5.32 Å². The van der Waals surface area contributed by atoms with Gasteiger partial charge in [0.2, 0.25) is 5.91 Å². The van der Waals surface area contributed by atoms with Crippen molar-refractivity contribution in [3.05, 3.63) is 41.0 Å². The molecule has 1 aromatic carbocycles. The molecule has 3 heteroatoms. The van der Waals surface area contributed by atoms with Crippen molar-refractivity contribution in [2.75, 3.05) is 0 Å². The fraction of sp³-hybridized carbons (Fsp3) is 0.333. The second kappa shape index (κ2) is 5.50. The zero-order valence-corrected chi connectivity index (χ0v) is 11.2. The Morgan fingerprint density at radius 1 is 1.28 bits per heavy atom. The van der Waals surface area contributed by atoms with Crippen LogP contribution in [0.3, 0.4) is 0 Å². The van der Waals surface area contributed by atoms with Gasteiger partial charge in [0, 0.05) is 11.1 Å². The summed E-state index contributed by atoms with van der Waals surface area (Å²) in [5.41, 5.74) is 1.94. The molecule has 0 aliphatic carbocycles. The Morgan fingerprint density at radius 2 is 1.83 bits per heavy atom. The van der Waals surface area contributed by atoms with Crippen LogP contribution in [0.15, 0.2) is 29.8 Å². The lowest BCUT2D eigenvalue weighted by Crippen LogP contribution is -2.40. The van der Waals surface area contributed by atoms with E-state index in [-0.39, 0.29) is 11.4 Å². The largest absolute Gasteiger partial charge is 0.348 e. The van der Waals surface area contributed by atoms with Gasteiger partial charge in [-0.2, -0.15) is 5.26 Å². The highest BCUT2D eigenvalue weighted by atomic mass is 16.1. The summed E-state index contributed by atoms with van der Waals surface area (Å²) in [6.07, 6.45) is 1.81. The van der Waals surface area contributed by atoms with Crippen LogP contribution in [0.5, 0.6) is 0 Å². The Kier molecular flexibility index (Phi) is 4.28. The van der Waals surface area contributed by atoms with Crippen molar-refractivity contribution in [1.29, 1.82) is 5.26 Å². The lowest BCUT2D eigenvalue weighted by molar-refractivity contribution is -0.118. The molecule has 18 heavy (non-hydrogen) atoms. The first kappa shape index (κ1) is 14.0. The molecule has 0 aromatic heterocycles. The number of carbonyl (C=O) groups excluding carboxylic acids is 1. The second-order valence-electron chi connectivity index (χ2n) is 5.27. The Labute approximate surface area is 108 Å². The summed E-state index contributed by atoms with van der Waals surface area (Å²) in [4.78, 5) is 11.9. The number of nitrogens with zero attached hydrogens (tertiary/aromatic N) is 1. The molecule has 1 aromatic rings. The lowest BCUT2D eigenvalue weighted by Gasteiger charge is -2.20. The normalized spacial score (nSPS) is 11.8. The van der Waals surface area contributed by atoms with Crippen LogP contribution in [0.1, 0.15) is 38.8 Å². The number of hydrogen-bond donors (Lipinski definition) is 1. The Hall–Kier alpha value is -2.08. The molecule has 94 valence electrons. The minimum Gasteiger partial charge on any atom is -0.348 e. The molecule has 0 bridgehead atoms. The number of nitriles is 1. The van der Waals surface area contributed by atoms with Crippen molar-refractivity contribution in [2.45, 2.75) is 33.2 Å². The minimum atomic E-state index is -0.239. The number of rotatable bonds is 2. The van der Waals surface area contributed by atoms with E-state index in [2.05, 4.69) is 11.4 Å². The van der Waals surface area contributed by atoms with Crippen LogP contribution in [0.4, 0.5) is 0 Å². The van der Waals surface area contributed by atoms with Crippen LogP contribution in [0, 0.1) is 11.3 Å². The molecular formula is C15H18N2O. The van der Waals surface area contributed by atoms with E-state index in [0.29, 0.717) is 11.1 Å². The molecule has 1 N–H and O–H groups in total. The maximum absolute atomic E-state index is 11.9. The van der Waals surface area contributed by atoms with Gasteiger partial charge in [-0.25, -0.2) is 0 Å². The number of amides is 1. The Balaban J connectivity index is 2.82. The van der Waals surface area contributed by atoms with E-state index in [1.807, 2.05) is 39.0 Å². The fourth-order valence-corrected chi connectivity index (χ4v) is 1.41. The highest BCUT2D eigenvalue weighted by Gasteiger charge is 2.14. The zero-order valence-electron chi connectivity index (χ0n) is 11.2. The smallest absolute Gasteiger partial charge is 0.247 e. The molecular weight excluding hydrogens is 224 g/mol. The zero-order chi connectivity index (χ0) is 13.8. The van der Waals surface area contributed by atoms with Gasteiger partial charge in [-0.3, -0.25) is 4.79 Å². The quantitative estimate of drug-likeness (QED) is 0.811. The summed E-state index contributed by atoms with van der Waals surface area (Å²) >= 11 is 0. The van der Waals surface area contributed by atoms with Gasteiger partial charge in [0.1, 0.15) is 0 Å². The predicted molar refractivity (Wildman–Crippen MR) is 72.7 cm³/mol.